The summed E-state index contributed by atoms with van der Waals surface area (Å²) in [5.74, 6) is -0.869. The molecule has 0 aromatic rings. The van der Waals surface area contributed by atoms with Gasteiger partial charge >= 0.3 is 11.9 Å². The van der Waals surface area contributed by atoms with Crippen LogP contribution >= 0.6 is 0 Å². The van der Waals surface area contributed by atoms with Gasteiger partial charge < -0.3 is 24.8 Å². The number of allylic oxidation sites excluding steroid dienone is 5. The summed E-state index contributed by atoms with van der Waals surface area (Å²) in [7, 11) is 0. The highest BCUT2D eigenvalue weighted by atomic mass is 16.6. The molecule has 0 bridgehead atoms. The number of rotatable bonds is 38. The van der Waals surface area contributed by atoms with Gasteiger partial charge in [0.1, 0.15) is 6.61 Å². The molecule has 0 saturated heterocycles. The molecule has 7 nitrogen and oxygen atoms in total. The lowest BCUT2D eigenvalue weighted by Gasteiger charge is -2.17. The van der Waals surface area contributed by atoms with Gasteiger partial charge in [0.05, 0.1) is 18.8 Å². The topological polar surface area (TPSA) is 113 Å². The molecule has 0 aliphatic carbocycles. The molecular formula is C44H80O7. The first-order valence-electron chi connectivity index (χ1n) is 21.2. The standard InChI is InChI=1S/C44H80O7/c1-3-5-7-9-11-13-15-17-18-19-20-21-22-24-26-28-30-32-36-43(48)50-39-40(38-45)51-44(49)37-33-35-42(47)41(46)34-31-29-27-25-23-16-14-12-10-8-6-4-2/h12,14,23,25,29,31,40-42,45-47H,3-11,13,15-22,24,26-28,30,32-39H2,1-2H3/b14-12-,25-23-,31-29-/t40-,41?,42?/m0/s1. The number of unbranched alkanes of at least 4 members (excludes halogenated alkanes) is 20. The zero-order valence-electron chi connectivity index (χ0n) is 33.1. The summed E-state index contributed by atoms with van der Waals surface area (Å²) in [4.78, 5) is 24.3. The number of esters is 2. The summed E-state index contributed by atoms with van der Waals surface area (Å²) < 4.78 is 10.5. The minimum Gasteiger partial charge on any atom is -0.462 e. The number of carbonyl (C=O) groups is 2. The number of aliphatic hydroxyl groups excluding tert-OH is 3. The molecule has 0 amide bonds. The van der Waals surface area contributed by atoms with E-state index in [0.717, 1.165) is 38.5 Å². The Morgan fingerprint density at radius 2 is 0.980 bits per heavy atom. The molecule has 298 valence electrons. The molecule has 0 aromatic heterocycles. The highest BCUT2D eigenvalue weighted by molar-refractivity contribution is 5.70. The lowest BCUT2D eigenvalue weighted by Crippen LogP contribution is -2.29. The summed E-state index contributed by atoms with van der Waals surface area (Å²) in [6.07, 6.45) is 41.0. The second-order valence-corrected chi connectivity index (χ2v) is 14.4. The van der Waals surface area contributed by atoms with Crippen molar-refractivity contribution in [3.63, 3.8) is 0 Å². The van der Waals surface area contributed by atoms with Gasteiger partial charge in [0.25, 0.3) is 0 Å². The van der Waals surface area contributed by atoms with Crippen LogP contribution in [0.4, 0.5) is 0 Å². The maximum absolute atomic E-state index is 12.2. The van der Waals surface area contributed by atoms with Crippen LogP contribution in [0.25, 0.3) is 0 Å². The molecule has 3 atom stereocenters. The maximum atomic E-state index is 12.2. The van der Waals surface area contributed by atoms with Crippen LogP contribution in [0.5, 0.6) is 0 Å². The van der Waals surface area contributed by atoms with Crippen LogP contribution in [0.2, 0.25) is 0 Å². The van der Waals surface area contributed by atoms with Gasteiger partial charge in [0.15, 0.2) is 6.10 Å². The summed E-state index contributed by atoms with van der Waals surface area (Å²) in [5.41, 5.74) is 0. The first-order chi connectivity index (χ1) is 24.9. The van der Waals surface area contributed by atoms with Crippen molar-refractivity contribution in [3.05, 3.63) is 36.5 Å². The van der Waals surface area contributed by atoms with E-state index in [4.69, 9.17) is 9.47 Å². The molecule has 0 heterocycles. The van der Waals surface area contributed by atoms with Crippen molar-refractivity contribution >= 4 is 11.9 Å². The highest BCUT2D eigenvalue weighted by Crippen LogP contribution is 2.15. The van der Waals surface area contributed by atoms with Gasteiger partial charge in [-0.3, -0.25) is 9.59 Å². The normalized spacial score (nSPS) is 13.7. The average molecular weight is 721 g/mol. The first kappa shape index (κ1) is 49.0. The van der Waals surface area contributed by atoms with Crippen LogP contribution in [0, 0.1) is 0 Å². The van der Waals surface area contributed by atoms with E-state index in [9.17, 15) is 24.9 Å². The Morgan fingerprint density at radius 1 is 0.529 bits per heavy atom. The molecule has 0 spiro atoms. The number of carbonyl (C=O) groups excluding carboxylic acids is 2. The molecule has 0 radical (unpaired) electrons. The van der Waals surface area contributed by atoms with Crippen molar-refractivity contribution in [2.75, 3.05) is 13.2 Å². The van der Waals surface area contributed by atoms with Gasteiger partial charge in [-0.1, -0.05) is 172 Å². The Balaban J connectivity index is 3.75. The predicted octanol–water partition coefficient (Wildman–Crippen LogP) is 11.2. The van der Waals surface area contributed by atoms with E-state index >= 15 is 0 Å². The molecule has 7 heteroatoms. The minimum atomic E-state index is -0.940. The van der Waals surface area contributed by atoms with Crippen molar-refractivity contribution < 1.29 is 34.4 Å². The Kier molecular flexibility index (Phi) is 37.7. The van der Waals surface area contributed by atoms with Crippen molar-refractivity contribution in [1.82, 2.24) is 0 Å². The Morgan fingerprint density at radius 3 is 1.51 bits per heavy atom. The summed E-state index contributed by atoms with van der Waals surface area (Å²) >= 11 is 0. The van der Waals surface area contributed by atoms with E-state index < -0.39 is 30.9 Å². The molecule has 3 N–H and O–H groups in total. The van der Waals surface area contributed by atoms with Gasteiger partial charge in [-0.05, 0) is 51.4 Å². The number of aliphatic hydroxyl groups is 3. The molecule has 0 aromatic carbocycles. The Labute approximate surface area is 313 Å². The molecule has 0 rings (SSSR count). The van der Waals surface area contributed by atoms with Crippen molar-refractivity contribution in [2.24, 2.45) is 0 Å². The third-order valence-electron chi connectivity index (χ3n) is 9.39. The van der Waals surface area contributed by atoms with E-state index in [1.165, 1.54) is 116 Å². The van der Waals surface area contributed by atoms with Gasteiger partial charge in [0.2, 0.25) is 0 Å². The number of hydrogen-bond donors (Lipinski definition) is 3. The van der Waals surface area contributed by atoms with Crippen LogP contribution in [-0.2, 0) is 19.1 Å². The monoisotopic (exact) mass is 721 g/mol. The third kappa shape index (κ3) is 36.2. The Hall–Kier alpha value is -1.96. The average Bonchev–Trinajstić information content (AvgIpc) is 3.13. The molecule has 0 aliphatic rings. The zero-order chi connectivity index (χ0) is 37.5. The van der Waals surface area contributed by atoms with Crippen LogP contribution in [0.1, 0.15) is 200 Å². The SMILES string of the molecule is CCCCC/C=C\C/C=C\C/C=C\CC(O)C(O)CCCC(=O)O[C@@H](CO)COC(=O)CCCCCCCCCCCCCCCCCCCC. The van der Waals surface area contributed by atoms with Crippen LogP contribution in [0.15, 0.2) is 36.5 Å². The molecule has 51 heavy (non-hydrogen) atoms. The largest absolute Gasteiger partial charge is 0.462 e. The number of hydrogen-bond acceptors (Lipinski definition) is 7. The van der Waals surface area contributed by atoms with E-state index in [1.54, 1.807) is 0 Å². The van der Waals surface area contributed by atoms with Crippen molar-refractivity contribution in [2.45, 2.75) is 218 Å². The number of ether oxygens (including phenoxy) is 2. The van der Waals surface area contributed by atoms with Crippen LogP contribution < -0.4 is 0 Å². The maximum Gasteiger partial charge on any atom is 0.306 e. The van der Waals surface area contributed by atoms with Gasteiger partial charge in [-0.2, -0.15) is 0 Å². The molecule has 0 fully saturated rings. The van der Waals surface area contributed by atoms with Crippen molar-refractivity contribution in [3.8, 4) is 0 Å². The molecular weight excluding hydrogens is 640 g/mol. The molecule has 0 saturated carbocycles. The second-order valence-electron chi connectivity index (χ2n) is 14.4. The Bertz CT molecular complexity index is 852. The van der Waals surface area contributed by atoms with E-state index in [-0.39, 0.29) is 25.4 Å². The van der Waals surface area contributed by atoms with Crippen LogP contribution in [-0.4, -0.2) is 58.8 Å². The van der Waals surface area contributed by atoms with Crippen molar-refractivity contribution in [1.29, 1.82) is 0 Å². The van der Waals surface area contributed by atoms with E-state index in [0.29, 0.717) is 19.3 Å². The summed E-state index contributed by atoms with van der Waals surface area (Å²) in [5, 5.41) is 30.0. The predicted molar refractivity (Wildman–Crippen MR) is 213 cm³/mol. The quantitative estimate of drug-likeness (QED) is 0.0330. The summed E-state index contributed by atoms with van der Waals surface area (Å²) in [6, 6.07) is 0. The second kappa shape index (κ2) is 39.3. The first-order valence-corrected chi connectivity index (χ1v) is 21.2. The molecule has 2 unspecified atom stereocenters. The smallest absolute Gasteiger partial charge is 0.306 e. The van der Waals surface area contributed by atoms with E-state index in [1.807, 2.05) is 12.2 Å². The minimum absolute atomic E-state index is 0.0429. The third-order valence-corrected chi connectivity index (χ3v) is 9.39. The van der Waals surface area contributed by atoms with Gasteiger partial charge in [-0.25, -0.2) is 0 Å². The van der Waals surface area contributed by atoms with Gasteiger partial charge in [0, 0.05) is 12.8 Å². The molecule has 0 aliphatic heterocycles. The summed E-state index contributed by atoms with van der Waals surface area (Å²) in [6.45, 7) is 3.88. The highest BCUT2D eigenvalue weighted by Gasteiger charge is 2.18. The fourth-order valence-corrected chi connectivity index (χ4v) is 6.01. The van der Waals surface area contributed by atoms with Gasteiger partial charge in [-0.15, -0.1) is 0 Å². The zero-order valence-corrected chi connectivity index (χ0v) is 33.1. The lowest BCUT2D eigenvalue weighted by molar-refractivity contribution is -0.161. The van der Waals surface area contributed by atoms with Crippen LogP contribution in [0.3, 0.4) is 0 Å². The fourth-order valence-electron chi connectivity index (χ4n) is 6.01. The fraction of sp³-hybridized carbons (Fsp3) is 0.818. The lowest BCUT2D eigenvalue weighted by atomic mass is 10.0. The van der Waals surface area contributed by atoms with E-state index in [2.05, 4.69) is 38.2 Å².